The Morgan fingerprint density at radius 1 is 0.870 bits per heavy atom. The van der Waals surface area contributed by atoms with Gasteiger partial charge >= 0.3 is 0 Å². The molecule has 1 atom stereocenters. The predicted molar refractivity (Wildman–Crippen MR) is 186 cm³/mol. The molecule has 0 aliphatic rings. The normalized spacial score (nSPS) is 11.8. The third-order valence-corrected chi connectivity index (χ3v) is 8.80. The van der Waals surface area contributed by atoms with Crippen molar-refractivity contribution in [3.63, 3.8) is 0 Å². The number of amides is 3. The number of aromatic nitrogens is 1. The Kier molecular flexibility index (Phi) is 10.6. The van der Waals surface area contributed by atoms with Crippen LogP contribution in [-0.4, -0.2) is 35.1 Å². The summed E-state index contributed by atoms with van der Waals surface area (Å²) < 4.78 is 5.44. The lowest BCUT2D eigenvalue weighted by Crippen LogP contribution is -2.30. The van der Waals surface area contributed by atoms with E-state index in [1.54, 1.807) is 67.8 Å². The molecule has 4 aromatic carbocycles. The number of hydrogen-bond donors (Lipinski definition) is 3. The maximum absolute atomic E-state index is 13.5. The van der Waals surface area contributed by atoms with Gasteiger partial charge < -0.3 is 20.7 Å². The summed E-state index contributed by atoms with van der Waals surface area (Å²) in [6, 6.07) is 32.9. The minimum absolute atomic E-state index is 0.0396. The molecule has 0 aliphatic carbocycles. The molecular formula is C36H32N4O4S2. The standard InChI is InChI=1S/C36H32N4O4S2/c1-23-32(25-13-6-4-7-14-25)39-36(46-23)40-33(41)24(2)45-29-19-12-18-28(22-29)37-35(43)30(21-27-17-10-11-20-31(27)44-3)38-34(42)26-15-8-5-9-16-26/h4-22,24H,1-3H3,(H,37,43)(H,38,42)(H,39,40,41)/b30-21+. The van der Waals surface area contributed by atoms with E-state index in [2.05, 4.69) is 20.9 Å². The monoisotopic (exact) mass is 648 g/mol. The molecule has 3 amide bonds. The Balaban J connectivity index is 1.28. The summed E-state index contributed by atoms with van der Waals surface area (Å²) >= 11 is 2.79. The van der Waals surface area contributed by atoms with E-state index in [1.807, 2.05) is 68.4 Å². The highest BCUT2D eigenvalue weighted by atomic mass is 32.2. The van der Waals surface area contributed by atoms with E-state index in [4.69, 9.17) is 4.74 Å². The van der Waals surface area contributed by atoms with E-state index < -0.39 is 17.1 Å². The van der Waals surface area contributed by atoms with Gasteiger partial charge in [-0.25, -0.2) is 4.98 Å². The number of thioether (sulfide) groups is 1. The van der Waals surface area contributed by atoms with E-state index in [9.17, 15) is 14.4 Å². The van der Waals surface area contributed by atoms with Crippen LogP contribution in [0.5, 0.6) is 5.75 Å². The molecule has 0 radical (unpaired) electrons. The molecule has 0 saturated carbocycles. The summed E-state index contributed by atoms with van der Waals surface area (Å²) in [6.07, 6.45) is 1.57. The van der Waals surface area contributed by atoms with Crippen LogP contribution in [0, 0.1) is 6.92 Å². The van der Waals surface area contributed by atoms with Crippen molar-refractivity contribution in [3.05, 3.63) is 131 Å². The predicted octanol–water partition coefficient (Wildman–Crippen LogP) is 7.66. The molecule has 0 saturated heterocycles. The van der Waals surface area contributed by atoms with E-state index in [-0.39, 0.29) is 11.6 Å². The van der Waals surface area contributed by atoms with Gasteiger partial charge in [0.1, 0.15) is 11.4 Å². The minimum Gasteiger partial charge on any atom is -0.496 e. The number of anilines is 2. The van der Waals surface area contributed by atoms with Gasteiger partial charge in [-0.2, -0.15) is 0 Å². The van der Waals surface area contributed by atoms with Gasteiger partial charge in [-0.15, -0.1) is 23.1 Å². The Morgan fingerprint density at radius 3 is 2.30 bits per heavy atom. The molecule has 5 aromatic rings. The number of nitrogens with zero attached hydrogens (tertiary/aromatic N) is 1. The van der Waals surface area contributed by atoms with Gasteiger partial charge in [0.05, 0.1) is 18.1 Å². The molecule has 0 bridgehead atoms. The first-order chi connectivity index (χ1) is 22.3. The molecule has 1 unspecified atom stereocenters. The van der Waals surface area contributed by atoms with E-state index in [1.165, 1.54) is 23.1 Å². The number of ether oxygens (including phenoxy) is 1. The first kappa shape index (κ1) is 32.2. The van der Waals surface area contributed by atoms with Gasteiger partial charge in [0, 0.05) is 32.2 Å². The van der Waals surface area contributed by atoms with Crippen LogP contribution in [0.25, 0.3) is 17.3 Å². The van der Waals surface area contributed by atoms with E-state index in [0.29, 0.717) is 27.7 Å². The van der Waals surface area contributed by atoms with Crippen molar-refractivity contribution in [2.24, 2.45) is 0 Å². The third kappa shape index (κ3) is 8.29. The van der Waals surface area contributed by atoms with Crippen molar-refractivity contribution in [3.8, 4) is 17.0 Å². The molecular weight excluding hydrogens is 617 g/mol. The van der Waals surface area contributed by atoms with Crippen molar-refractivity contribution in [1.82, 2.24) is 10.3 Å². The number of para-hydroxylation sites is 1. The molecule has 3 N–H and O–H groups in total. The summed E-state index contributed by atoms with van der Waals surface area (Å²) in [4.78, 5) is 46.1. The highest BCUT2D eigenvalue weighted by molar-refractivity contribution is 8.00. The first-order valence-electron chi connectivity index (χ1n) is 14.4. The number of nitrogens with one attached hydrogen (secondary N) is 3. The van der Waals surface area contributed by atoms with Gasteiger partial charge in [-0.05, 0) is 56.3 Å². The SMILES string of the molecule is COc1ccccc1/C=C(/NC(=O)c1ccccc1)C(=O)Nc1cccc(SC(C)C(=O)Nc2nc(-c3ccccc3)c(C)s2)c1. The quantitative estimate of drug-likeness (QED) is 0.100. The Bertz CT molecular complexity index is 1870. The van der Waals surface area contributed by atoms with Crippen molar-refractivity contribution in [2.75, 3.05) is 17.7 Å². The molecule has 1 aromatic heterocycles. The minimum atomic E-state index is -0.517. The van der Waals surface area contributed by atoms with Gasteiger partial charge in [0.2, 0.25) is 5.91 Å². The number of hydrogen-bond acceptors (Lipinski definition) is 7. The average molecular weight is 649 g/mol. The first-order valence-corrected chi connectivity index (χ1v) is 16.1. The Labute approximate surface area is 275 Å². The number of carbonyl (C=O) groups excluding carboxylic acids is 3. The topological polar surface area (TPSA) is 109 Å². The van der Waals surface area contributed by atoms with Crippen LogP contribution < -0.4 is 20.7 Å². The molecule has 232 valence electrons. The Hall–Kier alpha value is -5.19. The van der Waals surface area contributed by atoms with Crippen LogP contribution >= 0.6 is 23.1 Å². The van der Waals surface area contributed by atoms with Crippen molar-refractivity contribution in [1.29, 1.82) is 0 Å². The van der Waals surface area contributed by atoms with Crippen LogP contribution in [0.15, 0.2) is 120 Å². The molecule has 0 aliphatic heterocycles. The molecule has 46 heavy (non-hydrogen) atoms. The smallest absolute Gasteiger partial charge is 0.272 e. The zero-order valence-corrected chi connectivity index (χ0v) is 27.1. The number of benzene rings is 4. The number of aryl methyl sites for hydroxylation is 1. The Morgan fingerprint density at radius 2 is 1.57 bits per heavy atom. The summed E-state index contributed by atoms with van der Waals surface area (Å²) in [6.45, 7) is 3.80. The second-order valence-corrected chi connectivity index (χ2v) is 12.8. The highest BCUT2D eigenvalue weighted by Crippen LogP contribution is 2.32. The maximum Gasteiger partial charge on any atom is 0.272 e. The number of thiazole rings is 1. The van der Waals surface area contributed by atoms with Crippen LogP contribution in [0.3, 0.4) is 0 Å². The van der Waals surface area contributed by atoms with Crippen LogP contribution in [0.1, 0.15) is 27.7 Å². The summed E-state index contributed by atoms with van der Waals surface area (Å²) in [5, 5.41) is 8.66. The summed E-state index contributed by atoms with van der Waals surface area (Å²) in [5.74, 6) is -0.570. The van der Waals surface area contributed by atoms with E-state index >= 15 is 0 Å². The van der Waals surface area contributed by atoms with Crippen molar-refractivity contribution in [2.45, 2.75) is 24.0 Å². The number of methoxy groups -OCH3 is 1. The lowest BCUT2D eigenvalue weighted by Gasteiger charge is -2.14. The lowest BCUT2D eigenvalue weighted by atomic mass is 10.1. The maximum atomic E-state index is 13.5. The van der Waals surface area contributed by atoms with Gasteiger partial charge in [0.15, 0.2) is 5.13 Å². The molecule has 0 spiro atoms. The van der Waals surface area contributed by atoms with Crippen molar-refractivity contribution >= 4 is 57.7 Å². The molecule has 1 heterocycles. The molecule has 8 nitrogen and oxygen atoms in total. The lowest BCUT2D eigenvalue weighted by molar-refractivity contribution is -0.115. The van der Waals surface area contributed by atoms with Gasteiger partial charge in [0.25, 0.3) is 11.8 Å². The zero-order chi connectivity index (χ0) is 32.5. The summed E-state index contributed by atoms with van der Waals surface area (Å²) in [5.41, 5.74) is 3.43. The largest absolute Gasteiger partial charge is 0.496 e. The highest BCUT2D eigenvalue weighted by Gasteiger charge is 2.19. The molecule has 5 rings (SSSR count). The fourth-order valence-electron chi connectivity index (χ4n) is 4.51. The second kappa shape index (κ2) is 15.2. The summed E-state index contributed by atoms with van der Waals surface area (Å²) in [7, 11) is 1.54. The van der Waals surface area contributed by atoms with Crippen molar-refractivity contribution < 1.29 is 19.1 Å². The zero-order valence-electron chi connectivity index (χ0n) is 25.4. The van der Waals surface area contributed by atoms with Gasteiger partial charge in [-0.3, -0.25) is 14.4 Å². The number of rotatable bonds is 11. The van der Waals surface area contributed by atoms with Crippen LogP contribution in [0.2, 0.25) is 0 Å². The van der Waals surface area contributed by atoms with Crippen LogP contribution in [0.4, 0.5) is 10.8 Å². The van der Waals surface area contributed by atoms with Gasteiger partial charge in [-0.1, -0.05) is 72.8 Å². The number of carbonyl (C=O) groups is 3. The third-order valence-electron chi connectivity index (χ3n) is 6.82. The van der Waals surface area contributed by atoms with Crippen LogP contribution in [-0.2, 0) is 9.59 Å². The second-order valence-electron chi connectivity index (χ2n) is 10.1. The van der Waals surface area contributed by atoms with E-state index in [0.717, 1.165) is 21.0 Å². The fourth-order valence-corrected chi connectivity index (χ4v) is 6.27. The average Bonchev–Trinajstić information content (AvgIpc) is 3.44. The molecule has 0 fully saturated rings. The fraction of sp³-hybridized carbons (Fsp3) is 0.111. The molecule has 10 heteroatoms.